The summed E-state index contributed by atoms with van der Waals surface area (Å²) in [5.41, 5.74) is 3.47. The minimum atomic E-state index is -3.89. The Kier molecular flexibility index (Phi) is 4.93. The van der Waals surface area contributed by atoms with E-state index in [0.717, 1.165) is 28.0 Å². The average Bonchev–Trinajstić information content (AvgIpc) is 3.05. The van der Waals surface area contributed by atoms with Crippen LogP contribution >= 0.6 is 11.6 Å². The molecule has 0 bridgehead atoms. The van der Waals surface area contributed by atoms with Crippen molar-refractivity contribution in [3.63, 3.8) is 0 Å². The van der Waals surface area contributed by atoms with E-state index in [9.17, 15) is 8.42 Å². The van der Waals surface area contributed by atoms with Crippen LogP contribution in [0, 0.1) is 6.92 Å². The summed E-state index contributed by atoms with van der Waals surface area (Å²) in [5.74, 6) is 0.727. The molecule has 29 heavy (non-hydrogen) atoms. The van der Waals surface area contributed by atoms with Gasteiger partial charge in [-0.05, 0) is 37.6 Å². The number of fused-ring (bicyclic) bond motifs is 1. The highest BCUT2D eigenvalue weighted by Crippen LogP contribution is 2.49. The lowest BCUT2D eigenvalue weighted by molar-refractivity contribution is 0.112. The van der Waals surface area contributed by atoms with E-state index in [0.29, 0.717) is 17.0 Å². The second-order valence-corrected chi connectivity index (χ2v) is 9.56. The van der Waals surface area contributed by atoms with Crippen molar-refractivity contribution < 1.29 is 17.3 Å². The zero-order valence-electron chi connectivity index (χ0n) is 16.4. The van der Waals surface area contributed by atoms with Gasteiger partial charge in [-0.2, -0.15) is 8.42 Å². The van der Waals surface area contributed by atoms with Gasteiger partial charge in [0.2, 0.25) is 0 Å². The molecule has 0 aliphatic carbocycles. The molecule has 1 heterocycles. The van der Waals surface area contributed by atoms with Crippen LogP contribution in [0.5, 0.6) is 5.75 Å². The summed E-state index contributed by atoms with van der Waals surface area (Å²) in [6.07, 6.45) is 0.498. The summed E-state index contributed by atoms with van der Waals surface area (Å²) in [5, 5.41) is 0.615. The number of halogens is 1. The highest BCUT2D eigenvalue weighted by atomic mass is 35.5. The van der Waals surface area contributed by atoms with Crippen LogP contribution in [0.4, 0.5) is 0 Å². The Morgan fingerprint density at radius 2 is 1.79 bits per heavy atom. The first-order chi connectivity index (χ1) is 13.7. The Morgan fingerprint density at radius 3 is 2.48 bits per heavy atom. The standard InChI is InChI=1S/C23H21ClO4S/c1-15-9-10-21(29(25,26)27-3)20(11-15)23(2)14-17-12-18(24)13-19(22(17)28-23)16-7-5-4-6-8-16/h4-13H,14H2,1-3H3. The summed E-state index contributed by atoms with van der Waals surface area (Å²) < 4.78 is 36.4. The van der Waals surface area contributed by atoms with E-state index < -0.39 is 15.7 Å². The molecule has 0 aromatic heterocycles. The Morgan fingerprint density at radius 1 is 1.07 bits per heavy atom. The van der Waals surface area contributed by atoms with Gasteiger partial charge in [-0.25, -0.2) is 0 Å². The molecule has 150 valence electrons. The topological polar surface area (TPSA) is 52.6 Å². The minimum absolute atomic E-state index is 0.119. The van der Waals surface area contributed by atoms with E-state index in [4.69, 9.17) is 20.5 Å². The molecule has 0 radical (unpaired) electrons. The monoisotopic (exact) mass is 428 g/mol. The molecule has 0 N–H and O–H groups in total. The van der Waals surface area contributed by atoms with Gasteiger partial charge in [0.1, 0.15) is 16.2 Å². The second-order valence-electron chi connectivity index (χ2n) is 7.44. The molecule has 0 fully saturated rings. The molecule has 4 rings (SSSR count). The molecule has 0 amide bonds. The van der Waals surface area contributed by atoms with Gasteiger partial charge >= 0.3 is 0 Å². The predicted octanol–water partition coefficient (Wildman–Crippen LogP) is 5.50. The van der Waals surface area contributed by atoms with Crippen LogP contribution in [0.25, 0.3) is 11.1 Å². The zero-order chi connectivity index (χ0) is 20.8. The van der Waals surface area contributed by atoms with E-state index in [1.807, 2.05) is 62.4 Å². The van der Waals surface area contributed by atoms with Crippen molar-refractivity contribution in [3.8, 4) is 16.9 Å². The Labute approximate surface area is 176 Å². The number of hydrogen-bond donors (Lipinski definition) is 0. The summed E-state index contributed by atoms with van der Waals surface area (Å²) >= 11 is 6.40. The Hall–Kier alpha value is -2.34. The summed E-state index contributed by atoms with van der Waals surface area (Å²) in [6, 6.07) is 18.8. The van der Waals surface area contributed by atoms with Gasteiger partial charge in [0.05, 0.1) is 7.11 Å². The van der Waals surface area contributed by atoms with E-state index >= 15 is 0 Å². The van der Waals surface area contributed by atoms with Gasteiger partial charge < -0.3 is 4.74 Å². The van der Waals surface area contributed by atoms with Crippen LogP contribution in [0.15, 0.2) is 65.6 Å². The number of rotatable bonds is 4. The maximum Gasteiger partial charge on any atom is 0.297 e. The van der Waals surface area contributed by atoms with Crippen molar-refractivity contribution in [3.05, 3.63) is 82.4 Å². The van der Waals surface area contributed by atoms with Crippen LogP contribution in [-0.2, 0) is 26.3 Å². The molecular formula is C23H21ClO4S. The van der Waals surface area contributed by atoms with E-state index in [-0.39, 0.29) is 4.90 Å². The average molecular weight is 429 g/mol. The van der Waals surface area contributed by atoms with E-state index in [1.165, 1.54) is 7.11 Å². The fraction of sp³-hybridized carbons (Fsp3) is 0.217. The molecule has 0 spiro atoms. The largest absolute Gasteiger partial charge is 0.482 e. The molecule has 1 aliphatic rings. The molecule has 1 atom stereocenters. The zero-order valence-corrected chi connectivity index (χ0v) is 18.0. The maximum atomic E-state index is 12.5. The molecule has 3 aromatic carbocycles. The van der Waals surface area contributed by atoms with Crippen LogP contribution in [0.2, 0.25) is 5.02 Å². The van der Waals surface area contributed by atoms with Crippen molar-refractivity contribution in [1.82, 2.24) is 0 Å². The van der Waals surface area contributed by atoms with E-state index in [2.05, 4.69) is 0 Å². The molecule has 0 saturated carbocycles. The van der Waals surface area contributed by atoms with Crippen LogP contribution in [0.1, 0.15) is 23.6 Å². The van der Waals surface area contributed by atoms with Crippen LogP contribution in [0.3, 0.4) is 0 Å². The predicted molar refractivity (Wildman–Crippen MR) is 114 cm³/mol. The molecule has 1 unspecified atom stereocenters. The third-order valence-corrected chi connectivity index (χ3v) is 6.82. The second kappa shape index (κ2) is 7.17. The van der Waals surface area contributed by atoms with Gasteiger partial charge in [-0.1, -0.05) is 59.6 Å². The summed E-state index contributed by atoms with van der Waals surface area (Å²) in [6.45, 7) is 3.82. The van der Waals surface area contributed by atoms with Gasteiger partial charge in [0.25, 0.3) is 10.1 Å². The highest BCUT2D eigenvalue weighted by molar-refractivity contribution is 7.86. The van der Waals surface area contributed by atoms with Gasteiger partial charge in [-0.15, -0.1) is 0 Å². The normalized spacial score (nSPS) is 18.3. The molecule has 4 nitrogen and oxygen atoms in total. The summed E-state index contributed by atoms with van der Waals surface area (Å²) in [4.78, 5) is 0.119. The molecular weight excluding hydrogens is 408 g/mol. The third-order valence-electron chi connectivity index (χ3n) is 5.26. The lowest BCUT2D eigenvalue weighted by atomic mass is 9.89. The van der Waals surface area contributed by atoms with Crippen molar-refractivity contribution in [1.29, 1.82) is 0 Å². The highest BCUT2D eigenvalue weighted by Gasteiger charge is 2.41. The quantitative estimate of drug-likeness (QED) is 0.515. The third kappa shape index (κ3) is 3.54. The van der Waals surface area contributed by atoms with Crippen molar-refractivity contribution in [2.75, 3.05) is 7.11 Å². The van der Waals surface area contributed by atoms with Crippen molar-refractivity contribution in [2.45, 2.75) is 30.8 Å². The van der Waals surface area contributed by atoms with Gasteiger partial charge in [0, 0.05) is 28.1 Å². The number of benzene rings is 3. The molecule has 6 heteroatoms. The first kappa shape index (κ1) is 20.0. The molecule has 1 aliphatic heterocycles. The first-order valence-electron chi connectivity index (χ1n) is 9.22. The van der Waals surface area contributed by atoms with Crippen LogP contribution < -0.4 is 4.74 Å². The van der Waals surface area contributed by atoms with Gasteiger partial charge in [-0.3, -0.25) is 4.18 Å². The first-order valence-corrected chi connectivity index (χ1v) is 11.0. The Balaban J connectivity index is 1.88. The maximum absolute atomic E-state index is 12.5. The van der Waals surface area contributed by atoms with E-state index in [1.54, 1.807) is 12.1 Å². The van der Waals surface area contributed by atoms with Crippen molar-refractivity contribution >= 4 is 21.7 Å². The lowest BCUT2D eigenvalue weighted by Crippen LogP contribution is -2.29. The van der Waals surface area contributed by atoms with Gasteiger partial charge in [0.15, 0.2) is 0 Å². The number of ether oxygens (including phenoxy) is 1. The number of aryl methyl sites for hydroxylation is 1. The SMILES string of the molecule is COS(=O)(=O)c1ccc(C)cc1C1(C)Cc2cc(Cl)cc(-c3ccccc3)c2O1. The fourth-order valence-electron chi connectivity index (χ4n) is 3.87. The summed E-state index contributed by atoms with van der Waals surface area (Å²) in [7, 11) is -2.72. The van der Waals surface area contributed by atoms with Crippen molar-refractivity contribution in [2.24, 2.45) is 0 Å². The minimum Gasteiger partial charge on any atom is -0.482 e. The number of hydrogen-bond acceptors (Lipinski definition) is 4. The smallest absolute Gasteiger partial charge is 0.297 e. The lowest BCUT2D eigenvalue weighted by Gasteiger charge is -2.27. The Bertz CT molecular complexity index is 1190. The van der Waals surface area contributed by atoms with Crippen LogP contribution in [-0.4, -0.2) is 15.5 Å². The molecule has 0 saturated heterocycles. The molecule has 3 aromatic rings. The fourth-order valence-corrected chi connectivity index (χ4v) is 5.07.